The van der Waals surface area contributed by atoms with Gasteiger partial charge in [0.15, 0.2) is 0 Å². The second-order valence-corrected chi connectivity index (χ2v) is 13.3. The number of amides is 3. The van der Waals surface area contributed by atoms with Crippen LogP contribution in [0.3, 0.4) is 0 Å². The predicted octanol–water partition coefficient (Wildman–Crippen LogP) is 4.12. The second kappa shape index (κ2) is 19.7. The van der Waals surface area contributed by atoms with Gasteiger partial charge in [-0.25, -0.2) is 4.98 Å². The number of nitrogens with zero attached hydrogens (tertiary/aromatic N) is 2. The zero-order valence-corrected chi connectivity index (χ0v) is 28.9. The molecule has 3 amide bonds. The molecule has 12 heteroatoms. The lowest BCUT2D eigenvalue weighted by Gasteiger charge is -2.35. The molecule has 2 atom stereocenters. The molecule has 3 rings (SSSR count). The van der Waals surface area contributed by atoms with Gasteiger partial charge < -0.3 is 34.5 Å². The molecule has 256 valence electrons. The summed E-state index contributed by atoms with van der Waals surface area (Å²) in [6.07, 6.45) is 3.46. The smallest absolute Gasteiger partial charge is 0.246 e. The van der Waals surface area contributed by atoms with Gasteiger partial charge in [-0.3, -0.25) is 14.4 Å². The lowest BCUT2D eigenvalue weighted by molar-refractivity contribution is -0.144. The van der Waals surface area contributed by atoms with Crippen molar-refractivity contribution in [1.29, 1.82) is 0 Å². The van der Waals surface area contributed by atoms with Crippen LogP contribution in [0.25, 0.3) is 10.4 Å². The van der Waals surface area contributed by atoms with E-state index in [-0.39, 0.29) is 25.0 Å². The van der Waals surface area contributed by atoms with E-state index in [9.17, 15) is 14.4 Å². The van der Waals surface area contributed by atoms with Crippen molar-refractivity contribution in [3.63, 3.8) is 0 Å². The molecule has 1 aliphatic rings. The third-order valence-electron chi connectivity index (χ3n) is 7.68. The number of unbranched alkanes of at least 4 members (excludes halogenated alkanes) is 1. The van der Waals surface area contributed by atoms with Crippen molar-refractivity contribution in [2.24, 2.45) is 5.41 Å². The van der Waals surface area contributed by atoms with Gasteiger partial charge in [-0.15, -0.1) is 11.3 Å². The lowest BCUT2D eigenvalue weighted by atomic mass is 9.85. The summed E-state index contributed by atoms with van der Waals surface area (Å²) < 4.78 is 21.9. The Morgan fingerprint density at radius 1 is 0.978 bits per heavy atom. The quantitative estimate of drug-likeness (QED) is 0.203. The van der Waals surface area contributed by atoms with Crippen LogP contribution in [0.15, 0.2) is 29.8 Å². The topological polar surface area (TPSA) is 128 Å². The van der Waals surface area contributed by atoms with Crippen molar-refractivity contribution < 1.29 is 33.3 Å². The fourth-order valence-electron chi connectivity index (χ4n) is 5.05. The zero-order chi connectivity index (χ0) is 33.4. The fraction of sp³-hybridized carbons (Fsp3) is 0.647. The van der Waals surface area contributed by atoms with E-state index in [2.05, 4.69) is 22.5 Å². The number of aryl methyl sites for hydroxylation is 1. The summed E-state index contributed by atoms with van der Waals surface area (Å²) in [5, 5.41) is 5.85. The van der Waals surface area contributed by atoms with Crippen LogP contribution in [0, 0.1) is 12.3 Å². The van der Waals surface area contributed by atoms with E-state index >= 15 is 0 Å². The van der Waals surface area contributed by atoms with Crippen LogP contribution in [-0.2, 0) is 39.9 Å². The lowest BCUT2D eigenvalue weighted by Crippen LogP contribution is -2.58. The van der Waals surface area contributed by atoms with Crippen molar-refractivity contribution >= 4 is 29.1 Å². The SMILES string of the molecule is CCCCOCCOCCOCCOCC(=O)NC(C(=O)N1CCCC1C(=O)NCc1ccc(-c2scnc2C)cc1)C(C)(C)C. The highest BCUT2D eigenvalue weighted by Crippen LogP contribution is 2.28. The first kappa shape index (κ1) is 37.6. The van der Waals surface area contributed by atoms with Gasteiger partial charge in [0.2, 0.25) is 17.7 Å². The maximum absolute atomic E-state index is 13.7. The number of aromatic nitrogens is 1. The number of hydrogen-bond donors (Lipinski definition) is 2. The summed E-state index contributed by atoms with van der Waals surface area (Å²) in [5.41, 5.74) is 4.32. The van der Waals surface area contributed by atoms with E-state index in [1.165, 1.54) is 0 Å². The first-order valence-corrected chi connectivity index (χ1v) is 17.2. The van der Waals surface area contributed by atoms with Gasteiger partial charge in [0.1, 0.15) is 18.7 Å². The first-order valence-electron chi connectivity index (χ1n) is 16.3. The molecule has 1 aliphatic heterocycles. The minimum atomic E-state index is -0.806. The zero-order valence-electron chi connectivity index (χ0n) is 28.1. The fourth-order valence-corrected chi connectivity index (χ4v) is 5.86. The third-order valence-corrected chi connectivity index (χ3v) is 8.65. The number of hydrogen-bond acceptors (Lipinski definition) is 9. The van der Waals surface area contributed by atoms with E-state index in [1.807, 2.05) is 57.5 Å². The van der Waals surface area contributed by atoms with E-state index < -0.39 is 23.4 Å². The van der Waals surface area contributed by atoms with E-state index in [4.69, 9.17) is 18.9 Å². The van der Waals surface area contributed by atoms with Gasteiger partial charge in [-0.2, -0.15) is 0 Å². The van der Waals surface area contributed by atoms with Gasteiger partial charge in [0, 0.05) is 19.7 Å². The van der Waals surface area contributed by atoms with Crippen LogP contribution in [0.5, 0.6) is 0 Å². The van der Waals surface area contributed by atoms with Crippen LogP contribution in [-0.4, -0.2) is 99.1 Å². The second-order valence-electron chi connectivity index (χ2n) is 12.5. The number of likely N-dealkylation sites (tertiary alicyclic amines) is 1. The van der Waals surface area contributed by atoms with Crippen LogP contribution >= 0.6 is 11.3 Å². The number of thiazole rings is 1. The van der Waals surface area contributed by atoms with Crippen molar-refractivity contribution in [1.82, 2.24) is 20.5 Å². The van der Waals surface area contributed by atoms with Crippen LogP contribution in [0.2, 0.25) is 0 Å². The Kier molecular flexibility index (Phi) is 16.1. The number of benzene rings is 1. The molecule has 0 radical (unpaired) electrons. The predicted molar refractivity (Wildman–Crippen MR) is 178 cm³/mol. The summed E-state index contributed by atoms with van der Waals surface area (Å²) in [4.78, 5) is 46.8. The number of ether oxygens (including phenoxy) is 4. The molecule has 1 fully saturated rings. The maximum atomic E-state index is 13.7. The molecule has 2 aromatic rings. The first-order chi connectivity index (χ1) is 22.1. The highest BCUT2D eigenvalue weighted by atomic mass is 32.1. The molecule has 0 spiro atoms. The van der Waals surface area contributed by atoms with E-state index in [0.717, 1.165) is 47.6 Å². The molecular weight excluding hydrogens is 608 g/mol. The molecule has 0 aliphatic carbocycles. The van der Waals surface area contributed by atoms with Crippen LogP contribution < -0.4 is 10.6 Å². The minimum absolute atomic E-state index is 0.193. The van der Waals surface area contributed by atoms with Crippen molar-refractivity contribution in [2.45, 2.75) is 78.9 Å². The standard InChI is InChI=1S/C34H52N4O7S/c1-6-7-15-42-16-17-43-18-19-44-20-21-45-23-29(39)37-31(34(3,4)5)33(41)38-14-8-9-28(38)32(40)35-22-26-10-12-27(13-11-26)30-25(2)36-24-46-30/h10-13,24,28,31H,6-9,14-23H2,1-5H3,(H,35,40)(H,37,39). The molecule has 0 bridgehead atoms. The average molecular weight is 661 g/mol. The van der Waals surface area contributed by atoms with Gasteiger partial charge >= 0.3 is 0 Å². The van der Waals surface area contributed by atoms with Crippen LogP contribution in [0.4, 0.5) is 0 Å². The third kappa shape index (κ3) is 12.4. The summed E-state index contributed by atoms with van der Waals surface area (Å²) >= 11 is 1.60. The number of nitrogens with one attached hydrogen (secondary N) is 2. The summed E-state index contributed by atoms with van der Waals surface area (Å²) in [6, 6.07) is 6.66. The summed E-state index contributed by atoms with van der Waals surface area (Å²) in [7, 11) is 0. The molecule has 1 aromatic heterocycles. The molecule has 1 saturated heterocycles. The van der Waals surface area contributed by atoms with E-state index in [0.29, 0.717) is 52.5 Å². The number of carbonyl (C=O) groups is 3. The molecule has 2 heterocycles. The number of carbonyl (C=O) groups excluding carboxylic acids is 3. The van der Waals surface area contributed by atoms with Gasteiger partial charge in [-0.05, 0) is 42.7 Å². The van der Waals surface area contributed by atoms with E-state index in [1.54, 1.807) is 16.2 Å². The Morgan fingerprint density at radius 2 is 1.61 bits per heavy atom. The Bertz CT molecular complexity index is 1210. The van der Waals surface area contributed by atoms with Gasteiger partial charge in [0.05, 0.1) is 55.7 Å². The highest BCUT2D eigenvalue weighted by molar-refractivity contribution is 7.13. The molecule has 2 unspecified atom stereocenters. The van der Waals surface area contributed by atoms with Crippen molar-refractivity contribution in [3.8, 4) is 10.4 Å². The normalized spacial score (nSPS) is 15.6. The molecular formula is C34H52N4O7S. The Hall–Kier alpha value is -2.90. The Morgan fingerprint density at radius 3 is 2.20 bits per heavy atom. The Labute approximate surface area is 277 Å². The van der Waals surface area contributed by atoms with Gasteiger partial charge in [-0.1, -0.05) is 58.4 Å². The van der Waals surface area contributed by atoms with Gasteiger partial charge in [0.25, 0.3) is 0 Å². The van der Waals surface area contributed by atoms with Crippen molar-refractivity contribution in [3.05, 3.63) is 41.0 Å². The number of rotatable bonds is 20. The summed E-state index contributed by atoms with van der Waals surface area (Å²) in [5.74, 6) is -0.847. The molecule has 1 aromatic carbocycles. The molecule has 2 N–H and O–H groups in total. The minimum Gasteiger partial charge on any atom is -0.379 e. The average Bonchev–Trinajstić information content (AvgIpc) is 3.70. The Balaban J connectivity index is 1.39. The summed E-state index contributed by atoms with van der Waals surface area (Å²) in [6.45, 7) is 13.7. The molecule has 0 saturated carbocycles. The molecule has 46 heavy (non-hydrogen) atoms. The van der Waals surface area contributed by atoms with Crippen LogP contribution in [0.1, 0.15) is 64.6 Å². The molecule has 11 nitrogen and oxygen atoms in total. The monoisotopic (exact) mass is 660 g/mol. The highest BCUT2D eigenvalue weighted by Gasteiger charge is 2.41. The largest absolute Gasteiger partial charge is 0.379 e. The van der Waals surface area contributed by atoms with Crippen molar-refractivity contribution in [2.75, 3.05) is 59.4 Å². The maximum Gasteiger partial charge on any atom is 0.246 e.